The minimum absolute atomic E-state index is 0.0116. The van der Waals surface area contributed by atoms with E-state index in [0.717, 1.165) is 17.3 Å². The number of phenols is 3. The third-order valence-corrected chi connectivity index (χ3v) is 6.42. The van der Waals surface area contributed by atoms with Crippen LogP contribution in [0.2, 0.25) is 0 Å². The van der Waals surface area contributed by atoms with Gasteiger partial charge in [-0.2, -0.15) is 0 Å². The summed E-state index contributed by atoms with van der Waals surface area (Å²) in [6.07, 6.45) is 0. The van der Waals surface area contributed by atoms with Gasteiger partial charge in [0.1, 0.15) is 35.4 Å². The van der Waals surface area contributed by atoms with Crippen LogP contribution in [0.4, 0.5) is 4.39 Å². The van der Waals surface area contributed by atoms with Crippen LogP contribution in [0.25, 0.3) is 0 Å². The summed E-state index contributed by atoms with van der Waals surface area (Å²) in [5, 5.41) is 23.7. The Balaban J connectivity index is 1.62. The summed E-state index contributed by atoms with van der Waals surface area (Å²) in [7, 11) is 0. The van der Waals surface area contributed by atoms with Crippen molar-refractivity contribution in [2.45, 2.75) is 16.8 Å². The Morgan fingerprint density at radius 3 is 2.26 bits per heavy atom. The standard InChI is InChI=1S/C27H21FO5S/c28-23-14-22(33-16-17-4-2-1-3-5-17)15-24(31)27(23)34-26(19-8-12-21(30)13-9-19)25(32)18-6-10-20(29)11-7-18/h1-15,26,29-31H,16H2/i/hT. The average molecular weight is 479 g/mol. The van der Waals surface area contributed by atoms with Gasteiger partial charge in [-0.1, -0.05) is 42.5 Å². The molecule has 4 rings (SSSR count). The van der Waals surface area contributed by atoms with Crippen molar-refractivity contribution in [1.29, 1.82) is 1.43 Å². The topological polar surface area (TPSA) is 87.0 Å². The van der Waals surface area contributed by atoms with E-state index < -0.39 is 11.1 Å². The molecular formula is C27H21FO5S. The third-order valence-electron chi connectivity index (χ3n) is 5.05. The van der Waals surface area contributed by atoms with E-state index in [1.165, 1.54) is 48.5 Å². The van der Waals surface area contributed by atoms with Gasteiger partial charge in [0.05, 0.1) is 10.1 Å². The Hall–Kier alpha value is -3.97. The summed E-state index contributed by atoms with van der Waals surface area (Å²) in [4.78, 5) is 13.3. The largest absolute Gasteiger partial charge is 0.508 e. The van der Waals surface area contributed by atoms with Crippen molar-refractivity contribution in [3.05, 3.63) is 114 Å². The molecule has 0 heterocycles. The minimum atomic E-state index is -0.921. The van der Waals surface area contributed by atoms with Gasteiger partial charge in [-0.25, -0.2) is 4.39 Å². The number of hydrogen-bond acceptors (Lipinski definition) is 6. The molecular weight excluding hydrogens is 455 g/mol. The number of Topliss-reactive ketones (excluding diaryl/α,β-unsaturated/α-hetero) is 1. The molecule has 5 nitrogen and oxygen atoms in total. The van der Waals surface area contributed by atoms with Crippen molar-refractivity contribution < 1.29 is 29.2 Å². The molecule has 0 aliphatic heterocycles. The lowest BCUT2D eigenvalue weighted by Crippen LogP contribution is -2.10. The molecule has 0 fully saturated rings. The summed E-state index contributed by atoms with van der Waals surface area (Å²) in [5.74, 6) is -0.981. The number of thioether (sulfide) groups is 1. The molecule has 1 unspecified atom stereocenters. The SMILES string of the molecule is [3H]Oc1ccc(C(Sc2c(O)cc(OCc3ccccc3)cc2F)C(=O)c2ccc(O)cc2)cc1. The van der Waals surface area contributed by atoms with E-state index >= 15 is 4.39 Å². The van der Waals surface area contributed by atoms with Crippen molar-refractivity contribution in [1.82, 2.24) is 0 Å². The molecule has 7 heteroatoms. The van der Waals surface area contributed by atoms with Crippen LogP contribution in [0.1, 0.15) is 26.7 Å². The Morgan fingerprint density at radius 2 is 1.62 bits per heavy atom. The summed E-state index contributed by atoms with van der Waals surface area (Å²) < 4.78 is 27.7. The predicted molar refractivity (Wildman–Crippen MR) is 128 cm³/mol. The van der Waals surface area contributed by atoms with Gasteiger partial charge in [0.15, 0.2) is 5.78 Å². The first-order valence-corrected chi connectivity index (χ1v) is 11.2. The molecule has 0 aliphatic rings. The van der Waals surface area contributed by atoms with E-state index in [0.29, 0.717) is 11.1 Å². The third kappa shape index (κ3) is 5.50. The number of rotatable bonds is 9. The Morgan fingerprint density at radius 1 is 0.941 bits per heavy atom. The Bertz CT molecular complexity index is 1270. The van der Waals surface area contributed by atoms with Crippen molar-refractivity contribution in [2.24, 2.45) is 0 Å². The first kappa shape index (κ1) is 21.9. The molecule has 172 valence electrons. The highest BCUT2D eigenvalue weighted by Gasteiger charge is 2.27. The normalized spacial score (nSPS) is 12.0. The molecule has 4 aromatic rings. The monoisotopic (exact) mass is 478 g/mol. The maximum Gasteiger partial charge on any atom is 0.293 e. The molecule has 0 spiro atoms. The molecule has 0 aliphatic carbocycles. The minimum Gasteiger partial charge on any atom is -0.508 e. The lowest BCUT2D eigenvalue weighted by molar-refractivity contribution is 0.0989. The molecule has 0 amide bonds. The van der Waals surface area contributed by atoms with Gasteiger partial charge < -0.3 is 20.1 Å². The Kier molecular flexibility index (Phi) is 6.63. The van der Waals surface area contributed by atoms with Crippen LogP contribution >= 0.6 is 11.8 Å². The van der Waals surface area contributed by atoms with Gasteiger partial charge in [-0.3, -0.25) is 4.79 Å². The number of halogens is 1. The highest BCUT2D eigenvalue weighted by Crippen LogP contribution is 2.44. The predicted octanol–water partition coefficient (Wildman–Crippen LogP) is 6.24. The first-order valence-electron chi connectivity index (χ1n) is 10.8. The van der Waals surface area contributed by atoms with Crippen molar-refractivity contribution >= 4 is 17.5 Å². The van der Waals surface area contributed by atoms with Gasteiger partial charge in [0.25, 0.3) is 1.43 Å². The lowest BCUT2D eigenvalue weighted by Gasteiger charge is -2.18. The smallest absolute Gasteiger partial charge is 0.293 e. The number of aromatic hydroxyl groups is 3. The number of ether oxygens (including phenoxy) is 1. The van der Waals surface area contributed by atoms with Crippen molar-refractivity contribution in [3.63, 3.8) is 0 Å². The van der Waals surface area contributed by atoms with E-state index in [2.05, 4.69) is 5.11 Å². The molecule has 3 N–H and O–H groups in total. The fraction of sp³-hybridized carbons (Fsp3) is 0.0741. The summed E-state index contributed by atoms with van der Waals surface area (Å²) in [6.45, 7) is 0.207. The van der Waals surface area contributed by atoms with Gasteiger partial charge in [-0.05, 0) is 47.5 Å². The molecule has 0 radical (unpaired) electrons. The van der Waals surface area contributed by atoms with E-state index in [1.54, 1.807) is 12.1 Å². The van der Waals surface area contributed by atoms with Gasteiger partial charge in [-0.15, -0.1) is 11.8 Å². The highest BCUT2D eigenvalue weighted by atomic mass is 32.2. The van der Waals surface area contributed by atoms with Gasteiger partial charge >= 0.3 is 0 Å². The van der Waals surface area contributed by atoms with Crippen LogP contribution in [0.3, 0.4) is 0 Å². The zero-order valence-corrected chi connectivity index (χ0v) is 18.7. The van der Waals surface area contributed by atoms with Crippen molar-refractivity contribution in [2.75, 3.05) is 0 Å². The average Bonchev–Trinajstić information content (AvgIpc) is 2.88. The van der Waals surface area contributed by atoms with Gasteiger partial charge in [0, 0.05) is 17.7 Å². The van der Waals surface area contributed by atoms with Crippen LogP contribution in [0, 0.1) is 5.82 Å². The number of phenolic OH excluding ortho intramolecular Hbond substituents is 3. The molecule has 1 atom stereocenters. The zero-order chi connectivity index (χ0) is 24.8. The number of carbonyl (C=O) groups is 1. The fourth-order valence-corrected chi connectivity index (χ4v) is 4.43. The number of ketones is 1. The lowest BCUT2D eigenvalue weighted by atomic mass is 10.0. The molecule has 0 saturated heterocycles. The first-order chi connectivity index (χ1) is 16.9. The van der Waals surface area contributed by atoms with E-state index in [1.807, 2.05) is 30.3 Å². The Labute approximate surface area is 201 Å². The summed E-state index contributed by atoms with van der Waals surface area (Å²) in [5.41, 5.74) is 1.73. The second-order valence-electron chi connectivity index (χ2n) is 7.51. The molecule has 0 bridgehead atoms. The van der Waals surface area contributed by atoms with E-state index in [4.69, 9.17) is 6.17 Å². The highest BCUT2D eigenvalue weighted by molar-refractivity contribution is 8.00. The van der Waals surface area contributed by atoms with Gasteiger partial charge in [0.2, 0.25) is 0 Å². The van der Waals surface area contributed by atoms with Crippen molar-refractivity contribution in [3.8, 4) is 23.0 Å². The molecule has 34 heavy (non-hydrogen) atoms. The zero-order valence-electron chi connectivity index (χ0n) is 18.9. The van der Waals surface area contributed by atoms with E-state index in [9.17, 15) is 15.0 Å². The quantitative estimate of drug-likeness (QED) is 0.195. The van der Waals surface area contributed by atoms with Crippen LogP contribution in [0.5, 0.6) is 23.0 Å². The maximum absolute atomic E-state index is 15.1. The van der Waals surface area contributed by atoms with E-state index in [-0.39, 0.29) is 40.3 Å². The van der Waals surface area contributed by atoms with Crippen LogP contribution in [-0.2, 0) is 6.61 Å². The molecule has 0 saturated carbocycles. The second-order valence-corrected chi connectivity index (χ2v) is 8.62. The number of carbonyl (C=O) groups excluding carboxylic acids is 1. The van der Waals surface area contributed by atoms with Crippen LogP contribution < -0.4 is 4.74 Å². The second kappa shape index (κ2) is 10.3. The maximum atomic E-state index is 15.1. The summed E-state index contributed by atoms with van der Waals surface area (Å²) >= 11 is 0.859. The fourth-order valence-electron chi connectivity index (χ4n) is 3.31. The van der Waals surface area contributed by atoms with Crippen LogP contribution in [0.15, 0.2) is 95.9 Å². The number of benzene rings is 4. The molecule has 4 aromatic carbocycles. The van der Waals surface area contributed by atoms with Crippen LogP contribution in [-0.4, -0.2) is 22.5 Å². The number of hydrogen-bond donors (Lipinski definition) is 3. The summed E-state index contributed by atoms with van der Waals surface area (Å²) in [6, 6.07) is 23.8. The molecule has 0 aromatic heterocycles.